The molecule has 1 aliphatic heterocycles. The highest BCUT2D eigenvalue weighted by atomic mass is 19.1. The van der Waals surface area contributed by atoms with E-state index in [1.54, 1.807) is 43.3 Å². The first-order valence-corrected chi connectivity index (χ1v) is 8.45. The summed E-state index contributed by atoms with van der Waals surface area (Å²) in [6.07, 6.45) is 1.91. The predicted octanol–water partition coefficient (Wildman–Crippen LogP) is 3.50. The molecule has 1 aromatic heterocycles. The van der Waals surface area contributed by atoms with Crippen molar-refractivity contribution in [3.8, 4) is 17.2 Å². The standard InChI is InChI=1S/C20H18FN3O3/c1-26-14-7-8-16(17(9-14)27-2)24-11-22-19-15(10-18(25)23-20(19)24)12-3-5-13(21)6-4-12/h3-9,11,15H,10H2,1-2H3,(H,23,25). The Kier molecular flexibility index (Phi) is 4.27. The molecule has 0 saturated carbocycles. The molecule has 1 aliphatic rings. The molecule has 1 atom stereocenters. The van der Waals surface area contributed by atoms with Gasteiger partial charge in [-0.15, -0.1) is 0 Å². The van der Waals surface area contributed by atoms with Crippen molar-refractivity contribution in [2.45, 2.75) is 12.3 Å². The Morgan fingerprint density at radius 1 is 1.15 bits per heavy atom. The fraction of sp³-hybridized carbons (Fsp3) is 0.200. The minimum atomic E-state index is -0.312. The van der Waals surface area contributed by atoms with Crippen molar-refractivity contribution in [3.05, 3.63) is 65.9 Å². The maximum absolute atomic E-state index is 13.3. The van der Waals surface area contributed by atoms with Crippen molar-refractivity contribution >= 4 is 11.7 Å². The van der Waals surface area contributed by atoms with Gasteiger partial charge in [-0.2, -0.15) is 0 Å². The molecule has 7 heteroatoms. The summed E-state index contributed by atoms with van der Waals surface area (Å²) in [5, 5.41) is 2.90. The molecule has 0 fully saturated rings. The Morgan fingerprint density at radius 2 is 1.93 bits per heavy atom. The number of nitrogens with one attached hydrogen (secondary N) is 1. The molecule has 4 rings (SSSR count). The number of carbonyl (C=O) groups excluding carboxylic acids is 1. The van der Waals surface area contributed by atoms with E-state index in [1.807, 2.05) is 12.1 Å². The lowest BCUT2D eigenvalue weighted by molar-refractivity contribution is -0.116. The molecule has 0 spiro atoms. The molecule has 2 aromatic carbocycles. The highest BCUT2D eigenvalue weighted by Crippen LogP contribution is 2.39. The minimum absolute atomic E-state index is 0.119. The molecule has 2 heterocycles. The van der Waals surface area contributed by atoms with Crippen LogP contribution in [-0.2, 0) is 4.79 Å². The van der Waals surface area contributed by atoms with E-state index in [4.69, 9.17) is 9.47 Å². The summed E-state index contributed by atoms with van der Waals surface area (Å²) in [6, 6.07) is 11.6. The van der Waals surface area contributed by atoms with E-state index in [2.05, 4.69) is 10.3 Å². The van der Waals surface area contributed by atoms with Gasteiger partial charge in [0.1, 0.15) is 29.5 Å². The number of hydrogen-bond donors (Lipinski definition) is 1. The van der Waals surface area contributed by atoms with E-state index in [1.165, 1.54) is 12.1 Å². The van der Waals surface area contributed by atoms with Crippen LogP contribution in [0, 0.1) is 5.82 Å². The third kappa shape index (κ3) is 3.01. The van der Waals surface area contributed by atoms with Crippen LogP contribution < -0.4 is 14.8 Å². The van der Waals surface area contributed by atoms with Crippen molar-refractivity contribution in [3.63, 3.8) is 0 Å². The van der Waals surface area contributed by atoms with Gasteiger partial charge in [0.25, 0.3) is 0 Å². The van der Waals surface area contributed by atoms with Crippen molar-refractivity contribution in [1.29, 1.82) is 0 Å². The van der Waals surface area contributed by atoms with E-state index >= 15 is 0 Å². The van der Waals surface area contributed by atoms with Crippen LogP contribution in [0.3, 0.4) is 0 Å². The third-order valence-corrected chi connectivity index (χ3v) is 4.69. The highest BCUT2D eigenvalue weighted by Gasteiger charge is 2.31. The zero-order valence-electron chi connectivity index (χ0n) is 14.9. The van der Waals surface area contributed by atoms with Crippen LogP contribution in [0.5, 0.6) is 11.5 Å². The lowest BCUT2D eigenvalue weighted by atomic mass is 9.90. The molecule has 27 heavy (non-hydrogen) atoms. The zero-order chi connectivity index (χ0) is 19.0. The normalized spacial score (nSPS) is 15.8. The minimum Gasteiger partial charge on any atom is -0.497 e. The molecule has 0 aliphatic carbocycles. The van der Waals surface area contributed by atoms with Crippen LogP contribution in [0.25, 0.3) is 5.69 Å². The number of halogens is 1. The van der Waals surface area contributed by atoms with Gasteiger partial charge in [-0.25, -0.2) is 9.37 Å². The van der Waals surface area contributed by atoms with Crippen LogP contribution >= 0.6 is 0 Å². The van der Waals surface area contributed by atoms with E-state index in [9.17, 15) is 9.18 Å². The van der Waals surface area contributed by atoms with E-state index < -0.39 is 0 Å². The number of hydrogen-bond acceptors (Lipinski definition) is 4. The quantitative estimate of drug-likeness (QED) is 0.766. The molecule has 6 nitrogen and oxygen atoms in total. The van der Waals surface area contributed by atoms with Crippen molar-refractivity contribution in [2.75, 3.05) is 19.5 Å². The SMILES string of the molecule is COc1ccc(-n2cnc3c2NC(=O)CC3c2ccc(F)cc2)c(OC)c1. The van der Waals surface area contributed by atoms with Crippen LogP contribution in [0.15, 0.2) is 48.8 Å². The second-order valence-corrected chi connectivity index (χ2v) is 6.24. The number of aromatic nitrogens is 2. The summed E-state index contributed by atoms with van der Waals surface area (Å²) < 4.78 is 25.8. The number of benzene rings is 2. The van der Waals surface area contributed by atoms with E-state index in [-0.39, 0.29) is 24.1 Å². The predicted molar refractivity (Wildman–Crippen MR) is 98.2 cm³/mol. The number of carbonyl (C=O) groups is 1. The van der Waals surface area contributed by atoms with Gasteiger partial charge in [-0.05, 0) is 29.8 Å². The number of fused-ring (bicyclic) bond motifs is 1. The first kappa shape index (κ1) is 17.1. The van der Waals surface area contributed by atoms with Gasteiger partial charge in [-0.1, -0.05) is 12.1 Å². The van der Waals surface area contributed by atoms with Gasteiger partial charge in [-0.3, -0.25) is 9.36 Å². The monoisotopic (exact) mass is 367 g/mol. The van der Waals surface area contributed by atoms with Crippen molar-refractivity contribution in [1.82, 2.24) is 9.55 Å². The molecule has 1 unspecified atom stereocenters. The fourth-order valence-electron chi connectivity index (χ4n) is 3.34. The molecular formula is C20H18FN3O3. The van der Waals surface area contributed by atoms with Gasteiger partial charge >= 0.3 is 0 Å². The number of nitrogens with zero attached hydrogens (tertiary/aromatic N) is 2. The van der Waals surface area contributed by atoms with E-state index in [0.717, 1.165) is 16.9 Å². The van der Waals surface area contributed by atoms with Gasteiger partial charge in [0.15, 0.2) is 0 Å². The molecule has 0 radical (unpaired) electrons. The molecular weight excluding hydrogens is 349 g/mol. The fourth-order valence-corrected chi connectivity index (χ4v) is 3.34. The number of imidazole rings is 1. The maximum Gasteiger partial charge on any atom is 0.226 e. The number of amides is 1. The Bertz CT molecular complexity index is 998. The summed E-state index contributed by atoms with van der Waals surface area (Å²) in [5.41, 5.74) is 2.31. The lowest BCUT2D eigenvalue weighted by Crippen LogP contribution is -2.25. The number of methoxy groups -OCH3 is 2. The van der Waals surface area contributed by atoms with Crippen LogP contribution in [-0.4, -0.2) is 29.7 Å². The van der Waals surface area contributed by atoms with Crippen molar-refractivity contribution in [2.24, 2.45) is 0 Å². The Balaban J connectivity index is 1.81. The summed E-state index contributed by atoms with van der Waals surface area (Å²) >= 11 is 0. The van der Waals surface area contributed by atoms with E-state index in [0.29, 0.717) is 17.3 Å². The molecule has 0 saturated heterocycles. The topological polar surface area (TPSA) is 65.4 Å². The van der Waals surface area contributed by atoms with Crippen LogP contribution in [0.2, 0.25) is 0 Å². The molecule has 1 amide bonds. The highest BCUT2D eigenvalue weighted by molar-refractivity contribution is 5.94. The first-order chi connectivity index (χ1) is 13.1. The summed E-state index contributed by atoms with van der Waals surface area (Å²) in [4.78, 5) is 16.9. The van der Waals surface area contributed by atoms with Gasteiger partial charge in [0.2, 0.25) is 5.91 Å². The molecule has 138 valence electrons. The Hall–Kier alpha value is -3.35. The summed E-state index contributed by atoms with van der Waals surface area (Å²) in [6.45, 7) is 0. The Labute approximate surface area is 155 Å². The molecule has 1 N–H and O–H groups in total. The second-order valence-electron chi connectivity index (χ2n) is 6.24. The number of rotatable bonds is 4. The smallest absolute Gasteiger partial charge is 0.226 e. The molecule has 3 aromatic rings. The van der Waals surface area contributed by atoms with Crippen LogP contribution in [0.4, 0.5) is 10.2 Å². The van der Waals surface area contributed by atoms with Gasteiger partial charge < -0.3 is 14.8 Å². The summed E-state index contributed by atoms with van der Waals surface area (Å²) in [7, 11) is 3.16. The largest absolute Gasteiger partial charge is 0.497 e. The van der Waals surface area contributed by atoms with Crippen molar-refractivity contribution < 1.29 is 18.7 Å². The third-order valence-electron chi connectivity index (χ3n) is 4.69. The van der Waals surface area contributed by atoms with Gasteiger partial charge in [0.05, 0.1) is 25.6 Å². The number of anilines is 1. The number of ether oxygens (including phenoxy) is 2. The lowest BCUT2D eigenvalue weighted by Gasteiger charge is -2.23. The second kappa shape index (κ2) is 6.75. The maximum atomic E-state index is 13.3. The molecule has 0 bridgehead atoms. The zero-order valence-corrected chi connectivity index (χ0v) is 14.9. The Morgan fingerprint density at radius 3 is 2.63 bits per heavy atom. The first-order valence-electron chi connectivity index (χ1n) is 8.45. The summed E-state index contributed by atoms with van der Waals surface area (Å²) in [5.74, 6) is 1.17. The van der Waals surface area contributed by atoms with Gasteiger partial charge in [0, 0.05) is 18.4 Å². The average Bonchev–Trinajstić information content (AvgIpc) is 3.11. The van der Waals surface area contributed by atoms with Crippen LogP contribution in [0.1, 0.15) is 23.6 Å². The average molecular weight is 367 g/mol.